The molecule has 1 N–H and O–H groups in total. The molecule has 0 aromatic heterocycles. The highest BCUT2D eigenvalue weighted by molar-refractivity contribution is 6.06. The molecule has 0 unspecified atom stereocenters. The van der Waals surface area contributed by atoms with Gasteiger partial charge in [0.15, 0.2) is 5.78 Å². The number of rotatable bonds is 3. The third-order valence-electron chi connectivity index (χ3n) is 3.52. The highest BCUT2D eigenvalue weighted by Crippen LogP contribution is 2.21. The van der Waals surface area contributed by atoms with Crippen LogP contribution in [0.3, 0.4) is 0 Å². The van der Waals surface area contributed by atoms with Crippen LogP contribution in [-0.2, 0) is 4.79 Å². The molecule has 0 saturated heterocycles. The zero-order chi connectivity index (χ0) is 15.4. The summed E-state index contributed by atoms with van der Waals surface area (Å²) in [6.07, 6.45) is 4.84. The number of nitrogens with one attached hydrogen (secondary N) is 1. The van der Waals surface area contributed by atoms with Crippen molar-refractivity contribution in [3.8, 4) is 0 Å². The molecule has 0 saturated carbocycles. The first-order chi connectivity index (χ1) is 9.97. The molecule has 4 nitrogen and oxygen atoms in total. The van der Waals surface area contributed by atoms with E-state index in [0.717, 1.165) is 36.1 Å². The van der Waals surface area contributed by atoms with E-state index >= 15 is 0 Å². The van der Waals surface area contributed by atoms with Crippen LogP contribution in [0, 0.1) is 6.92 Å². The number of allylic oxidation sites excluding steroid dienone is 1. The first kappa shape index (κ1) is 15.2. The molecular formula is C17H20N2O2. The van der Waals surface area contributed by atoms with E-state index in [0.29, 0.717) is 11.4 Å². The summed E-state index contributed by atoms with van der Waals surface area (Å²) in [5, 5.41) is 2.81. The van der Waals surface area contributed by atoms with Crippen molar-refractivity contribution in [2.45, 2.75) is 40.0 Å². The van der Waals surface area contributed by atoms with Gasteiger partial charge in [-0.1, -0.05) is 6.08 Å². The molecule has 0 fully saturated rings. The number of ketones is 1. The lowest BCUT2D eigenvalue weighted by Crippen LogP contribution is -2.29. The second-order valence-corrected chi connectivity index (χ2v) is 5.33. The number of carbonyl (C=O) groups excluding carboxylic acids is 2. The fourth-order valence-electron chi connectivity index (χ4n) is 2.33. The third-order valence-corrected chi connectivity index (χ3v) is 3.52. The lowest BCUT2D eigenvalue weighted by Gasteiger charge is -2.07. The van der Waals surface area contributed by atoms with Crippen LogP contribution in [-0.4, -0.2) is 17.5 Å². The average molecular weight is 284 g/mol. The van der Waals surface area contributed by atoms with Crippen LogP contribution in [0.1, 0.15) is 49.0 Å². The van der Waals surface area contributed by atoms with E-state index in [-0.39, 0.29) is 11.7 Å². The Labute approximate surface area is 125 Å². The number of hydrogen-bond donors (Lipinski definition) is 1. The number of hydrogen-bond acceptors (Lipinski definition) is 3. The van der Waals surface area contributed by atoms with Gasteiger partial charge in [-0.05, 0) is 63.8 Å². The summed E-state index contributed by atoms with van der Waals surface area (Å²) in [6.45, 7) is 5.21. The predicted molar refractivity (Wildman–Crippen MR) is 84.0 cm³/mol. The Hall–Kier alpha value is -2.23. The van der Waals surface area contributed by atoms with E-state index in [9.17, 15) is 9.59 Å². The van der Waals surface area contributed by atoms with E-state index in [1.807, 2.05) is 19.1 Å². The number of aryl methyl sites for hydroxylation is 1. The Bertz CT molecular complexity index is 642. The fraction of sp³-hybridized carbons (Fsp3) is 0.353. The maximum atomic E-state index is 12.0. The van der Waals surface area contributed by atoms with Crippen molar-refractivity contribution < 1.29 is 9.59 Å². The van der Waals surface area contributed by atoms with Gasteiger partial charge in [-0.25, -0.2) is 4.99 Å². The predicted octanol–water partition coefficient (Wildman–Crippen LogP) is 3.47. The first-order valence-corrected chi connectivity index (χ1v) is 7.14. The number of amides is 1. The van der Waals surface area contributed by atoms with Crippen LogP contribution in [0.15, 0.2) is 34.8 Å². The molecule has 1 aliphatic rings. The van der Waals surface area contributed by atoms with Crippen molar-refractivity contribution in [1.82, 2.24) is 5.32 Å². The normalized spacial score (nSPS) is 14.8. The van der Waals surface area contributed by atoms with E-state index in [1.165, 1.54) is 0 Å². The van der Waals surface area contributed by atoms with Gasteiger partial charge >= 0.3 is 0 Å². The van der Waals surface area contributed by atoms with Crippen LogP contribution >= 0.6 is 0 Å². The van der Waals surface area contributed by atoms with E-state index in [2.05, 4.69) is 10.3 Å². The molecule has 1 aromatic rings. The lowest BCUT2D eigenvalue weighted by atomic mass is 10.1. The second kappa shape index (κ2) is 6.48. The number of Topliss-reactive ketones (excluding diaryl/α,β-unsaturated/α-hetero) is 1. The molecule has 1 amide bonds. The summed E-state index contributed by atoms with van der Waals surface area (Å²) in [6, 6.07) is 5.37. The summed E-state index contributed by atoms with van der Waals surface area (Å²) in [4.78, 5) is 27.7. The first-order valence-electron chi connectivity index (χ1n) is 7.14. The fourth-order valence-corrected chi connectivity index (χ4v) is 2.33. The smallest absolute Gasteiger partial charge is 0.252 e. The SMILES string of the molecule is CC(=O)c1ccc(N=C(C)NC(=O)C2=CCCC2)c(C)c1. The summed E-state index contributed by atoms with van der Waals surface area (Å²) < 4.78 is 0. The highest BCUT2D eigenvalue weighted by Gasteiger charge is 2.13. The molecule has 0 aliphatic heterocycles. The highest BCUT2D eigenvalue weighted by atomic mass is 16.1. The van der Waals surface area contributed by atoms with Crippen molar-refractivity contribution in [2.75, 3.05) is 0 Å². The maximum Gasteiger partial charge on any atom is 0.252 e. The van der Waals surface area contributed by atoms with Gasteiger partial charge in [0.1, 0.15) is 5.84 Å². The quantitative estimate of drug-likeness (QED) is 0.525. The lowest BCUT2D eigenvalue weighted by molar-refractivity contribution is -0.116. The molecule has 1 aliphatic carbocycles. The third kappa shape index (κ3) is 3.88. The van der Waals surface area contributed by atoms with Crippen LogP contribution in [0.5, 0.6) is 0 Å². The second-order valence-electron chi connectivity index (χ2n) is 5.33. The molecule has 4 heteroatoms. The topological polar surface area (TPSA) is 58.5 Å². The Balaban J connectivity index is 2.11. The number of amidine groups is 1. The van der Waals surface area contributed by atoms with Crippen molar-refractivity contribution in [1.29, 1.82) is 0 Å². The van der Waals surface area contributed by atoms with E-state index < -0.39 is 0 Å². The van der Waals surface area contributed by atoms with Gasteiger partial charge in [-0.2, -0.15) is 0 Å². The van der Waals surface area contributed by atoms with Gasteiger partial charge in [0.25, 0.3) is 5.91 Å². The molecule has 0 spiro atoms. The monoisotopic (exact) mass is 284 g/mol. The van der Waals surface area contributed by atoms with Crippen molar-refractivity contribution in [3.63, 3.8) is 0 Å². The number of nitrogens with zero attached hydrogens (tertiary/aromatic N) is 1. The Kier molecular flexibility index (Phi) is 4.68. The van der Waals surface area contributed by atoms with E-state index in [1.54, 1.807) is 26.0 Å². The minimum absolute atomic E-state index is 0.0341. The van der Waals surface area contributed by atoms with Gasteiger partial charge in [0, 0.05) is 11.1 Å². The van der Waals surface area contributed by atoms with Crippen molar-refractivity contribution in [2.24, 2.45) is 4.99 Å². The van der Waals surface area contributed by atoms with Gasteiger partial charge in [-0.3, -0.25) is 9.59 Å². The van der Waals surface area contributed by atoms with Gasteiger partial charge < -0.3 is 5.32 Å². The minimum atomic E-state index is -0.0632. The Morgan fingerprint density at radius 2 is 2.00 bits per heavy atom. The molecule has 21 heavy (non-hydrogen) atoms. The maximum absolute atomic E-state index is 12.0. The van der Waals surface area contributed by atoms with Crippen LogP contribution < -0.4 is 5.32 Å². The molecule has 0 atom stereocenters. The molecule has 110 valence electrons. The average Bonchev–Trinajstić information content (AvgIpc) is 2.94. The van der Waals surface area contributed by atoms with Crippen LogP contribution in [0.4, 0.5) is 5.69 Å². The molecule has 0 heterocycles. The van der Waals surface area contributed by atoms with E-state index in [4.69, 9.17) is 0 Å². The van der Waals surface area contributed by atoms with Gasteiger partial charge in [0.2, 0.25) is 0 Å². The summed E-state index contributed by atoms with van der Waals surface area (Å²) in [7, 11) is 0. The molecule has 2 rings (SSSR count). The number of aliphatic imine (C=N–C) groups is 1. The standard InChI is InChI=1S/C17H20N2O2/c1-11-10-15(12(2)20)8-9-16(11)18-13(3)19-17(21)14-6-4-5-7-14/h6,8-10H,4-5,7H2,1-3H3,(H,18,19,21). The minimum Gasteiger partial charge on any atom is -0.311 e. The molecule has 1 aromatic carbocycles. The van der Waals surface area contributed by atoms with Crippen LogP contribution in [0.2, 0.25) is 0 Å². The number of benzene rings is 1. The van der Waals surface area contributed by atoms with Crippen molar-refractivity contribution in [3.05, 3.63) is 41.0 Å². The van der Waals surface area contributed by atoms with Crippen LogP contribution in [0.25, 0.3) is 0 Å². The Morgan fingerprint density at radius 1 is 1.24 bits per heavy atom. The summed E-state index contributed by atoms with van der Waals surface area (Å²) >= 11 is 0. The molecule has 0 radical (unpaired) electrons. The molecule has 0 bridgehead atoms. The summed E-state index contributed by atoms with van der Waals surface area (Å²) in [5.74, 6) is 0.532. The Morgan fingerprint density at radius 3 is 2.57 bits per heavy atom. The summed E-state index contributed by atoms with van der Waals surface area (Å²) in [5.41, 5.74) is 3.19. The van der Waals surface area contributed by atoms with Gasteiger partial charge in [-0.15, -0.1) is 0 Å². The number of carbonyl (C=O) groups is 2. The van der Waals surface area contributed by atoms with Crippen molar-refractivity contribution >= 4 is 23.2 Å². The van der Waals surface area contributed by atoms with Gasteiger partial charge in [0.05, 0.1) is 5.69 Å². The molecular weight excluding hydrogens is 264 g/mol. The zero-order valence-electron chi connectivity index (χ0n) is 12.7. The largest absolute Gasteiger partial charge is 0.311 e. The zero-order valence-corrected chi connectivity index (χ0v) is 12.7.